The molecule has 0 fully saturated rings. The molecule has 0 unspecified atom stereocenters. The minimum atomic E-state index is -1.45. The van der Waals surface area contributed by atoms with Crippen molar-refractivity contribution in [2.75, 3.05) is 11.4 Å². The summed E-state index contributed by atoms with van der Waals surface area (Å²) in [6.45, 7) is 5.91. The Morgan fingerprint density at radius 1 is 1.53 bits per heavy atom. The summed E-state index contributed by atoms with van der Waals surface area (Å²) in [5, 5.41) is 19.7. The number of carbonyl (C=O) groups is 1. The highest BCUT2D eigenvalue weighted by molar-refractivity contribution is 5.93. The molecule has 0 aliphatic heterocycles. The molecule has 0 amide bonds. The molecule has 0 heterocycles. The predicted octanol–water partition coefficient (Wildman–Crippen LogP) is 2.67. The van der Waals surface area contributed by atoms with Crippen LogP contribution < -0.4 is 4.90 Å². The Hall–Kier alpha value is -2.18. The van der Waals surface area contributed by atoms with E-state index in [1.54, 1.807) is 11.8 Å². The minimum Gasteiger partial charge on any atom is -0.477 e. The Balaban J connectivity index is 3.48. The first kappa shape index (κ1) is 14.9. The number of hydrogen-bond donors (Lipinski definition) is 1. The SMILES string of the molecule is CCN(c1cc(C(=O)O)c([N+](=O)[O-])cc1F)C(C)C. The van der Waals surface area contributed by atoms with Crippen LogP contribution in [0.2, 0.25) is 0 Å². The third kappa shape index (κ3) is 2.98. The molecule has 6 nitrogen and oxygen atoms in total. The van der Waals surface area contributed by atoms with E-state index in [0.717, 1.165) is 6.07 Å². The zero-order chi connectivity index (χ0) is 14.7. The molecule has 19 heavy (non-hydrogen) atoms. The minimum absolute atomic E-state index is 0.0531. The van der Waals surface area contributed by atoms with Gasteiger partial charge in [0.15, 0.2) is 5.82 Å². The third-order valence-electron chi connectivity index (χ3n) is 2.77. The van der Waals surface area contributed by atoms with Crippen LogP contribution in [0.4, 0.5) is 15.8 Å². The van der Waals surface area contributed by atoms with E-state index in [9.17, 15) is 19.3 Å². The number of nitro groups is 1. The lowest BCUT2D eigenvalue weighted by atomic mass is 10.1. The van der Waals surface area contributed by atoms with Gasteiger partial charge in [0.1, 0.15) is 5.56 Å². The smallest absolute Gasteiger partial charge is 0.342 e. The molecule has 0 radical (unpaired) electrons. The van der Waals surface area contributed by atoms with Gasteiger partial charge in [-0.1, -0.05) is 0 Å². The maximum atomic E-state index is 13.9. The monoisotopic (exact) mass is 270 g/mol. The Bertz CT molecular complexity index is 517. The van der Waals surface area contributed by atoms with E-state index in [-0.39, 0.29) is 11.7 Å². The van der Waals surface area contributed by atoms with Crippen LogP contribution in [-0.2, 0) is 0 Å². The van der Waals surface area contributed by atoms with Crippen LogP contribution in [-0.4, -0.2) is 28.6 Å². The Morgan fingerprint density at radius 2 is 2.11 bits per heavy atom. The van der Waals surface area contributed by atoms with E-state index in [2.05, 4.69) is 0 Å². The zero-order valence-corrected chi connectivity index (χ0v) is 10.9. The molecule has 0 spiro atoms. The van der Waals surface area contributed by atoms with Crippen LogP contribution in [0.15, 0.2) is 12.1 Å². The van der Waals surface area contributed by atoms with Gasteiger partial charge in [-0.15, -0.1) is 0 Å². The summed E-state index contributed by atoms with van der Waals surface area (Å²) in [6, 6.07) is 1.62. The summed E-state index contributed by atoms with van der Waals surface area (Å²) in [6.07, 6.45) is 0. The van der Waals surface area contributed by atoms with Crippen molar-refractivity contribution < 1.29 is 19.2 Å². The molecule has 0 saturated heterocycles. The van der Waals surface area contributed by atoms with Crippen molar-refractivity contribution in [2.45, 2.75) is 26.8 Å². The van der Waals surface area contributed by atoms with Gasteiger partial charge in [-0.2, -0.15) is 0 Å². The highest BCUT2D eigenvalue weighted by atomic mass is 19.1. The van der Waals surface area contributed by atoms with Crippen LogP contribution in [0, 0.1) is 15.9 Å². The van der Waals surface area contributed by atoms with Crippen molar-refractivity contribution in [3.63, 3.8) is 0 Å². The first-order chi connectivity index (χ1) is 8.79. The van der Waals surface area contributed by atoms with Gasteiger partial charge in [0.05, 0.1) is 16.7 Å². The number of nitrogens with zero attached hydrogens (tertiary/aromatic N) is 2. The molecule has 0 atom stereocenters. The number of halogens is 1. The van der Waals surface area contributed by atoms with Gasteiger partial charge < -0.3 is 10.0 Å². The maximum Gasteiger partial charge on any atom is 0.342 e. The topological polar surface area (TPSA) is 83.7 Å². The van der Waals surface area contributed by atoms with Gasteiger partial charge in [-0.05, 0) is 26.8 Å². The molecule has 1 rings (SSSR count). The number of rotatable bonds is 5. The van der Waals surface area contributed by atoms with Gasteiger partial charge >= 0.3 is 5.97 Å². The summed E-state index contributed by atoms with van der Waals surface area (Å²) in [5.41, 5.74) is -1.20. The number of carboxylic acids is 1. The van der Waals surface area contributed by atoms with Crippen molar-refractivity contribution in [2.24, 2.45) is 0 Å². The molecule has 0 aromatic heterocycles. The van der Waals surface area contributed by atoms with E-state index in [1.165, 1.54) is 0 Å². The Morgan fingerprint density at radius 3 is 2.47 bits per heavy atom. The molecule has 104 valence electrons. The Labute approximate surface area is 109 Å². The third-order valence-corrected chi connectivity index (χ3v) is 2.77. The fourth-order valence-electron chi connectivity index (χ4n) is 1.91. The summed E-state index contributed by atoms with van der Waals surface area (Å²) >= 11 is 0. The Kier molecular flexibility index (Phi) is 4.42. The molecule has 1 aromatic rings. The first-order valence-electron chi connectivity index (χ1n) is 5.77. The fraction of sp³-hybridized carbons (Fsp3) is 0.417. The number of nitro benzene ring substituents is 1. The van der Waals surface area contributed by atoms with Gasteiger partial charge in [-0.25, -0.2) is 9.18 Å². The second-order valence-corrected chi connectivity index (χ2v) is 4.26. The van der Waals surface area contributed by atoms with Gasteiger partial charge in [0.25, 0.3) is 5.69 Å². The van der Waals surface area contributed by atoms with E-state index in [4.69, 9.17) is 5.11 Å². The molecule has 1 aromatic carbocycles. The lowest BCUT2D eigenvalue weighted by Crippen LogP contribution is -2.31. The lowest BCUT2D eigenvalue weighted by Gasteiger charge is -2.28. The van der Waals surface area contributed by atoms with Gasteiger partial charge in [-0.3, -0.25) is 10.1 Å². The second kappa shape index (κ2) is 5.64. The molecule has 0 aliphatic rings. The van der Waals surface area contributed by atoms with Crippen LogP contribution in [0.25, 0.3) is 0 Å². The van der Waals surface area contributed by atoms with Crippen LogP contribution in [0.5, 0.6) is 0 Å². The van der Waals surface area contributed by atoms with Gasteiger partial charge in [0, 0.05) is 12.6 Å². The molecule has 0 aliphatic carbocycles. The first-order valence-corrected chi connectivity index (χ1v) is 5.77. The van der Waals surface area contributed by atoms with Crippen molar-refractivity contribution >= 4 is 17.3 Å². The molecule has 0 saturated carbocycles. The zero-order valence-electron chi connectivity index (χ0n) is 10.9. The highest BCUT2D eigenvalue weighted by Crippen LogP contribution is 2.29. The molecular formula is C12H15FN2O4. The number of hydrogen-bond acceptors (Lipinski definition) is 4. The standard InChI is InChI=1S/C12H15FN2O4/c1-4-14(7(2)3)11-5-8(12(16)17)10(15(18)19)6-9(11)13/h5-7H,4H2,1-3H3,(H,16,17). The second-order valence-electron chi connectivity index (χ2n) is 4.26. The van der Waals surface area contributed by atoms with Crippen molar-refractivity contribution in [3.05, 3.63) is 33.6 Å². The molecule has 0 bridgehead atoms. The van der Waals surface area contributed by atoms with E-state index >= 15 is 0 Å². The number of aromatic carboxylic acids is 1. The van der Waals surface area contributed by atoms with Crippen LogP contribution in [0.3, 0.4) is 0 Å². The lowest BCUT2D eigenvalue weighted by molar-refractivity contribution is -0.385. The summed E-state index contributed by atoms with van der Waals surface area (Å²) in [7, 11) is 0. The number of carboxylic acid groups (broad SMARTS) is 1. The maximum absolute atomic E-state index is 13.9. The molecule has 1 N–H and O–H groups in total. The average Bonchev–Trinajstić information content (AvgIpc) is 2.30. The fourth-order valence-corrected chi connectivity index (χ4v) is 1.91. The van der Waals surface area contributed by atoms with Crippen LogP contribution in [0.1, 0.15) is 31.1 Å². The summed E-state index contributed by atoms with van der Waals surface area (Å²) in [4.78, 5) is 22.5. The van der Waals surface area contributed by atoms with Gasteiger partial charge in [0.2, 0.25) is 0 Å². The van der Waals surface area contributed by atoms with Crippen LogP contribution >= 0.6 is 0 Å². The number of benzene rings is 1. The van der Waals surface area contributed by atoms with E-state index in [1.807, 2.05) is 13.8 Å². The van der Waals surface area contributed by atoms with Crippen molar-refractivity contribution in [1.29, 1.82) is 0 Å². The van der Waals surface area contributed by atoms with Crippen molar-refractivity contribution in [3.8, 4) is 0 Å². The van der Waals surface area contributed by atoms with E-state index in [0.29, 0.717) is 12.6 Å². The predicted molar refractivity (Wildman–Crippen MR) is 68.2 cm³/mol. The average molecular weight is 270 g/mol. The molecule has 7 heteroatoms. The largest absolute Gasteiger partial charge is 0.477 e. The quantitative estimate of drug-likeness (QED) is 0.656. The number of anilines is 1. The molecular weight excluding hydrogens is 255 g/mol. The summed E-state index contributed by atoms with van der Waals surface area (Å²) in [5.74, 6) is -2.25. The highest BCUT2D eigenvalue weighted by Gasteiger charge is 2.25. The normalized spacial score (nSPS) is 10.6. The van der Waals surface area contributed by atoms with E-state index < -0.39 is 28.0 Å². The summed E-state index contributed by atoms with van der Waals surface area (Å²) < 4.78 is 13.9. The van der Waals surface area contributed by atoms with Crippen molar-refractivity contribution in [1.82, 2.24) is 0 Å².